The molecule has 0 unspecified atom stereocenters. The van der Waals surface area contributed by atoms with E-state index in [9.17, 15) is 14.4 Å². The average molecular weight is 393 g/mol. The fraction of sp³-hybridized carbons (Fsp3) is 0.100. The van der Waals surface area contributed by atoms with Crippen LogP contribution in [0.4, 0.5) is 10.5 Å². The van der Waals surface area contributed by atoms with Crippen LogP contribution >= 0.6 is 0 Å². The lowest BCUT2D eigenvalue weighted by molar-refractivity contribution is 0.0526. The van der Waals surface area contributed by atoms with Crippen LogP contribution in [-0.4, -0.2) is 34.3 Å². The Bertz CT molecular complexity index is 1060. The van der Waals surface area contributed by atoms with E-state index in [1.807, 2.05) is 24.3 Å². The number of urea groups is 1. The van der Waals surface area contributed by atoms with Gasteiger partial charge in [-0.3, -0.25) is 4.79 Å². The number of carbonyl (C=O) groups excluding carboxylic acids is 3. The molecule has 0 atom stereocenters. The molecule has 0 saturated heterocycles. The van der Waals surface area contributed by atoms with Crippen molar-refractivity contribution < 1.29 is 19.1 Å². The van der Waals surface area contributed by atoms with E-state index < -0.39 is 11.9 Å². The monoisotopic (exact) mass is 393 g/mol. The van der Waals surface area contributed by atoms with Gasteiger partial charge in [0.1, 0.15) is 0 Å². The number of benzene rings is 2. The molecule has 3 aromatic rings. The second-order valence-corrected chi connectivity index (χ2v) is 6.03. The van der Waals surface area contributed by atoms with Crippen molar-refractivity contribution in [2.75, 3.05) is 11.9 Å². The lowest BCUT2D eigenvalue weighted by atomic mass is 10.0. The zero-order chi connectivity index (χ0) is 21.0. The number of primary amides is 2. The molecule has 29 heavy (non-hydrogen) atoms. The third-order valence-corrected chi connectivity index (χ3v) is 4.07. The number of amides is 3. The largest absolute Gasteiger partial charge is 0.462 e. The average Bonchev–Trinajstić information content (AvgIpc) is 3.12. The molecule has 0 fully saturated rings. The highest BCUT2D eigenvalue weighted by atomic mass is 16.5. The summed E-state index contributed by atoms with van der Waals surface area (Å²) in [5, 5.41) is 6.43. The predicted octanol–water partition coefficient (Wildman–Crippen LogP) is 2.31. The van der Waals surface area contributed by atoms with Crippen molar-refractivity contribution in [3.63, 3.8) is 0 Å². The first-order chi connectivity index (χ1) is 13.9. The predicted molar refractivity (Wildman–Crippen MR) is 107 cm³/mol. The van der Waals surface area contributed by atoms with Gasteiger partial charge in [-0.15, -0.1) is 0 Å². The maximum absolute atomic E-state index is 11.7. The van der Waals surface area contributed by atoms with E-state index in [2.05, 4.69) is 10.4 Å². The number of ether oxygens (including phenoxy) is 1. The van der Waals surface area contributed by atoms with Crippen LogP contribution in [0, 0.1) is 0 Å². The molecule has 0 spiro atoms. The lowest BCUT2D eigenvalue weighted by Crippen LogP contribution is -2.22. The van der Waals surface area contributed by atoms with Crippen molar-refractivity contribution in [2.24, 2.45) is 11.5 Å². The molecule has 0 aliphatic heterocycles. The summed E-state index contributed by atoms with van der Waals surface area (Å²) in [6, 6.07) is 13.5. The number of rotatable bonds is 6. The molecule has 3 amide bonds. The SMILES string of the molecule is CCOC(=O)c1ccc(-c2ccc(-n3cc(NC(N)=O)c(C(N)=O)n3)cc2)cc1. The molecular weight excluding hydrogens is 374 g/mol. The van der Waals surface area contributed by atoms with Gasteiger partial charge in [-0.25, -0.2) is 14.3 Å². The number of nitrogens with two attached hydrogens (primary N) is 2. The topological polar surface area (TPSA) is 142 Å². The van der Waals surface area contributed by atoms with Crippen molar-refractivity contribution in [3.05, 3.63) is 66.0 Å². The van der Waals surface area contributed by atoms with Gasteiger partial charge in [0, 0.05) is 0 Å². The number of carbonyl (C=O) groups is 3. The molecule has 0 aliphatic carbocycles. The molecule has 1 heterocycles. The highest BCUT2D eigenvalue weighted by Crippen LogP contribution is 2.23. The normalized spacial score (nSPS) is 10.4. The van der Waals surface area contributed by atoms with Gasteiger partial charge < -0.3 is 21.5 Å². The van der Waals surface area contributed by atoms with Crippen LogP contribution in [0.1, 0.15) is 27.8 Å². The summed E-state index contributed by atoms with van der Waals surface area (Å²) in [7, 11) is 0. The van der Waals surface area contributed by atoms with Crippen molar-refractivity contribution in [1.82, 2.24) is 9.78 Å². The van der Waals surface area contributed by atoms with Gasteiger partial charge >= 0.3 is 12.0 Å². The minimum Gasteiger partial charge on any atom is -0.462 e. The number of nitrogens with one attached hydrogen (secondary N) is 1. The van der Waals surface area contributed by atoms with E-state index >= 15 is 0 Å². The van der Waals surface area contributed by atoms with Crippen molar-refractivity contribution in [1.29, 1.82) is 0 Å². The minimum atomic E-state index is -0.825. The van der Waals surface area contributed by atoms with E-state index in [0.717, 1.165) is 11.1 Å². The quantitative estimate of drug-likeness (QED) is 0.551. The molecule has 5 N–H and O–H groups in total. The molecule has 148 valence electrons. The molecule has 0 bridgehead atoms. The highest BCUT2D eigenvalue weighted by Gasteiger charge is 2.16. The van der Waals surface area contributed by atoms with Gasteiger partial charge in [-0.1, -0.05) is 24.3 Å². The van der Waals surface area contributed by atoms with Crippen molar-refractivity contribution in [2.45, 2.75) is 6.92 Å². The van der Waals surface area contributed by atoms with Gasteiger partial charge in [0.15, 0.2) is 5.69 Å². The second kappa shape index (κ2) is 8.26. The molecule has 0 radical (unpaired) electrons. The molecule has 9 heteroatoms. The molecule has 0 aliphatic rings. The standard InChI is InChI=1S/C20H19N5O4/c1-2-29-19(27)14-5-3-12(4-6-14)13-7-9-15(10-8-13)25-11-16(23-20(22)28)17(24-25)18(21)26/h3-11H,2H2,1H3,(H2,21,26)(H3,22,23,28). The Balaban J connectivity index is 1.84. The molecule has 1 aromatic heterocycles. The van der Waals surface area contributed by atoms with Crippen LogP contribution in [0.25, 0.3) is 16.8 Å². The Labute approximate surface area is 166 Å². The summed E-state index contributed by atoms with van der Waals surface area (Å²) in [6.07, 6.45) is 1.45. The smallest absolute Gasteiger partial charge is 0.338 e. The van der Waals surface area contributed by atoms with Crippen LogP contribution in [-0.2, 0) is 4.74 Å². The Morgan fingerprint density at radius 2 is 1.59 bits per heavy atom. The van der Waals surface area contributed by atoms with E-state index in [-0.39, 0.29) is 17.4 Å². The van der Waals surface area contributed by atoms with E-state index in [0.29, 0.717) is 17.9 Å². The molecule has 2 aromatic carbocycles. The van der Waals surface area contributed by atoms with E-state index in [4.69, 9.17) is 16.2 Å². The number of nitrogens with zero attached hydrogens (tertiary/aromatic N) is 2. The zero-order valence-corrected chi connectivity index (χ0v) is 15.6. The maximum atomic E-state index is 11.7. The van der Waals surface area contributed by atoms with Crippen LogP contribution < -0.4 is 16.8 Å². The van der Waals surface area contributed by atoms with E-state index in [1.54, 1.807) is 31.2 Å². The molecule has 9 nitrogen and oxygen atoms in total. The number of aromatic nitrogens is 2. The fourth-order valence-electron chi connectivity index (χ4n) is 2.73. The number of esters is 1. The minimum absolute atomic E-state index is 0.0950. The Morgan fingerprint density at radius 3 is 2.10 bits per heavy atom. The van der Waals surface area contributed by atoms with Gasteiger partial charge in [0.2, 0.25) is 0 Å². The zero-order valence-electron chi connectivity index (χ0n) is 15.6. The summed E-state index contributed by atoms with van der Waals surface area (Å²) < 4.78 is 6.39. The Hall–Kier alpha value is -4.14. The molecule has 0 saturated carbocycles. The summed E-state index contributed by atoms with van der Waals surface area (Å²) >= 11 is 0. The van der Waals surface area contributed by atoms with Gasteiger partial charge in [0.05, 0.1) is 29.7 Å². The number of hydrogen-bond acceptors (Lipinski definition) is 5. The Kier molecular flexibility index (Phi) is 5.59. The first kappa shape index (κ1) is 19.6. The third kappa shape index (κ3) is 4.41. The van der Waals surface area contributed by atoms with Crippen LogP contribution in [0.5, 0.6) is 0 Å². The second-order valence-electron chi connectivity index (χ2n) is 6.03. The third-order valence-electron chi connectivity index (χ3n) is 4.07. The molecule has 3 rings (SSSR count). The van der Waals surface area contributed by atoms with Crippen LogP contribution in [0.15, 0.2) is 54.7 Å². The van der Waals surface area contributed by atoms with Crippen LogP contribution in [0.3, 0.4) is 0 Å². The summed E-state index contributed by atoms with van der Waals surface area (Å²) in [5.41, 5.74) is 13.4. The first-order valence-electron chi connectivity index (χ1n) is 8.73. The van der Waals surface area contributed by atoms with E-state index in [1.165, 1.54) is 10.9 Å². The number of anilines is 1. The Morgan fingerprint density at radius 1 is 1.00 bits per heavy atom. The van der Waals surface area contributed by atoms with Crippen molar-refractivity contribution >= 4 is 23.6 Å². The van der Waals surface area contributed by atoms with Gasteiger partial charge in [0.25, 0.3) is 5.91 Å². The highest BCUT2D eigenvalue weighted by molar-refractivity contribution is 6.00. The summed E-state index contributed by atoms with van der Waals surface area (Å²) in [6.45, 7) is 2.08. The van der Waals surface area contributed by atoms with Gasteiger partial charge in [-0.05, 0) is 42.3 Å². The van der Waals surface area contributed by atoms with Crippen LogP contribution in [0.2, 0.25) is 0 Å². The number of hydrogen-bond donors (Lipinski definition) is 3. The first-order valence-corrected chi connectivity index (χ1v) is 8.73. The maximum Gasteiger partial charge on any atom is 0.338 e. The summed E-state index contributed by atoms with van der Waals surface area (Å²) in [5.74, 6) is -1.15. The van der Waals surface area contributed by atoms with Crippen molar-refractivity contribution in [3.8, 4) is 16.8 Å². The van der Waals surface area contributed by atoms with Gasteiger partial charge in [-0.2, -0.15) is 5.10 Å². The summed E-state index contributed by atoms with van der Waals surface area (Å²) in [4.78, 5) is 34.4. The molecular formula is C20H19N5O4. The fourth-order valence-corrected chi connectivity index (χ4v) is 2.73. The lowest BCUT2D eigenvalue weighted by Gasteiger charge is -2.06.